The van der Waals surface area contributed by atoms with Gasteiger partial charge in [-0.05, 0) is 59.3 Å². The normalized spacial score (nSPS) is 10.1. The standard InChI is InChI=1S/C14H13IN2O/c1-9-6-7-12(16)13(8-9)17-14(18)10-4-2-3-5-11(10)15/h2-8H,16H2,1H3,(H,17,18). The lowest BCUT2D eigenvalue weighted by atomic mass is 10.1. The second kappa shape index (κ2) is 5.39. The molecular formula is C14H13IN2O. The average Bonchev–Trinajstić information content (AvgIpc) is 2.34. The summed E-state index contributed by atoms with van der Waals surface area (Å²) in [6.45, 7) is 1.96. The fourth-order valence-electron chi connectivity index (χ4n) is 1.61. The van der Waals surface area contributed by atoms with Gasteiger partial charge in [-0.15, -0.1) is 0 Å². The molecule has 0 radical (unpaired) electrons. The number of nitrogens with one attached hydrogen (secondary N) is 1. The summed E-state index contributed by atoms with van der Waals surface area (Å²) < 4.78 is 0.916. The second-order valence-corrected chi connectivity index (χ2v) is 5.19. The number of benzene rings is 2. The number of carbonyl (C=O) groups is 1. The zero-order valence-corrected chi connectivity index (χ0v) is 12.1. The van der Waals surface area contributed by atoms with E-state index in [0.717, 1.165) is 9.13 Å². The lowest BCUT2D eigenvalue weighted by Gasteiger charge is -2.10. The second-order valence-electron chi connectivity index (χ2n) is 4.02. The van der Waals surface area contributed by atoms with E-state index in [2.05, 4.69) is 27.9 Å². The minimum atomic E-state index is -0.141. The van der Waals surface area contributed by atoms with Gasteiger partial charge in [0.1, 0.15) is 0 Å². The summed E-state index contributed by atoms with van der Waals surface area (Å²) in [6.07, 6.45) is 0. The molecule has 0 atom stereocenters. The maximum absolute atomic E-state index is 12.1. The summed E-state index contributed by atoms with van der Waals surface area (Å²) in [6, 6.07) is 13.0. The Kier molecular flexibility index (Phi) is 3.86. The molecule has 1 amide bonds. The highest BCUT2D eigenvalue weighted by Crippen LogP contribution is 2.21. The van der Waals surface area contributed by atoms with E-state index in [1.807, 2.05) is 37.3 Å². The Morgan fingerprint density at radius 2 is 1.94 bits per heavy atom. The van der Waals surface area contributed by atoms with Crippen molar-refractivity contribution in [3.8, 4) is 0 Å². The molecule has 0 aliphatic rings. The maximum atomic E-state index is 12.1. The number of hydrogen-bond donors (Lipinski definition) is 2. The monoisotopic (exact) mass is 352 g/mol. The average molecular weight is 352 g/mol. The maximum Gasteiger partial charge on any atom is 0.256 e. The van der Waals surface area contributed by atoms with Gasteiger partial charge in [0.05, 0.1) is 16.9 Å². The van der Waals surface area contributed by atoms with Gasteiger partial charge in [0.25, 0.3) is 5.91 Å². The van der Waals surface area contributed by atoms with E-state index < -0.39 is 0 Å². The van der Waals surface area contributed by atoms with E-state index >= 15 is 0 Å². The van der Waals surface area contributed by atoms with Gasteiger partial charge in [-0.2, -0.15) is 0 Å². The number of nitrogen functional groups attached to an aromatic ring is 1. The summed E-state index contributed by atoms with van der Waals surface area (Å²) in [5.41, 5.74) is 8.77. The molecule has 0 aromatic heterocycles. The quantitative estimate of drug-likeness (QED) is 0.643. The van der Waals surface area contributed by atoms with Crippen molar-refractivity contribution >= 4 is 39.9 Å². The van der Waals surface area contributed by atoms with Crippen molar-refractivity contribution in [1.82, 2.24) is 0 Å². The number of halogens is 1. The van der Waals surface area contributed by atoms with Crippen molar-refractivity contribution in [2.45, 2.75) is 6.92 Å². The molecule has 2 aromatic rings. The highest BCUT2D eigenvalue weighted by Gasteiger charge is 2.10. The van der Waals surface area contributed by atoms with Gasteiger partial charge in [-0.1, -0.05) is 18.2 Å². The molecule has 2 rings (SSSR count). The molecule has 0 unspecified atom stereocenters. The Hall–Kier alpha value is -1.56. The van der Waals surface area contributed by atoms with Crippen LogP contribution >= 0.6 is 22.6 Å². The molecule has 0 bridgehead atoms. The number of anilines is 2. The van der Waals surface area contributed by atoms with E-state index in [1.165, 1.54) is 0 Å². The van der Waals surface area contributed by atoms with E-state index in [-0.39, 0.29) is 5.91 Å². The summed E-state index contributed by atoms with van der Waals surface area (Å²) in [5, 5.41) is 2.84. The van der Waals surface area contributed by atoms with Crippen LogP contribution in [-0.4, -0.2) is 5.91 Å². The van der Waals surface area contributed by atoms with Crippen molar-refractivity contribution < 1.29 is 4.79 Å². The van der Waals surface area contributed by atoms with Crippen LogP contribution < -0.4 is 11.1 Å². The topological polar surface area (TPSA) is 55.1 Å². The molecular weight excluding hydrogens is 339 g/mol. The summed E-state index contributed by atoms with van der Waals surface area (Å²) in [4.78, 5) is 12.1. The molecule has 3 N–H and O–H groups in total. The molecule has 18 heavy (non-hydrogen) atoms. The van der Waals surface area contributed by atoms with E-state index in [0.29, 0.717) is 16.9 Å². The third-order valence-corrected chi connectivity index (χ3v) is 3.52. The molecule has 0 saturated carbocycles. The van der Waals surface area contributed by atoms with Crippen LogP contribution in [0, 0.1) is 10.5 Å². The number of nitrogens with two attached hydrogens (primary N) is 1. The number of amides is 1. The van der Waals surface area contributed by atoms with Gasteiger partial charge in [-0.25, -0.2) is 0 Å². The summed E-state index contributed by atoms with van der Waals surface area (Å²) in [5.74, 6) is -0.141. The first-order valence-electron chi connectivity index (χ1n) is 5.50. The predicted octanol–water partition coefficient (Wildman–Crippen LogP) is 3.43. The largest absolute Gasteiger partial charge is 0.397 e. The van der Waals surface area contributed by atoms with Crippen LogP contribution in [0.4, 0.5) is 11.4 Å². The SMILES string of the molecule is Cc1ccc(N)c(NC(=O)c2ccccc2I)c1. The number of rotatable bonds is 2. The number of aryl methyl sites for hydroxylation is 1. The summed E-state index contributed by atoms with van der Waals surface area (Å²) in [7, 11) is 0. The fourth-order valence-corrected chi connectivity index (χ4v) is 2.25. The Labute approximate surface area is 120 Å². The van der Waals surface area contributed by atoms with Crippen molar-refractivity contribution in [3.05, 3.63) is 57.2 Å². The zero-order chi connectivity index (χ0) is 13.1. The minimum Gasteiger partial charge on any atom is -0.397 e. The molecule has 0 saturated heterocycles. The van der Waals surface area contributed by atoms with Crippen LogP contribution in [0.5, 0.6) is 0 Å². The van der Waals surface area contributed by atoms with E-state index in [9.17, 15) is 4.79 Å². The fraction of sp³-hybridized carbons (Fsp3) is 0.0714. The number of hydrogen-bond acceptors (Lipinski definition) is 2. The lowest BCUT2D eigenvalue weighted by molar-refractivity contribution is 0.102. The molecule has 0 fully saturated rings. The van der Waals surface area contributed by atoms with Gasteiger partial charge in [0.2, 0.25) is 0 Å². The van der Waals surface area contributed by atoms with Crippen LogP contribution in [0.15, 0.2) is 42.5 Å². The van der Waals surface area contributed by atoms with Gasteiger partial charge in [-0.3, -0.25) is 4.79 Å². The van der Waals surface area contributed by atoms with Gasteiger partial charge in [0.15, 0.2) is 0 Å². The molecule has 2 aromatic carbocycles. The van der Waals surface area contributed by atoms with Gasteiger partial charge < -0.3 is 11.1 Å². The molecule has 0 aliphatic carbocycles. The van der Waals surface area contributed by atoms with Crippen molar-refractivity contribution in [2.24, 2.45) is 0 Å². The first-order chi connectivity index (χ1) is 8.58. The van der Waals surface area contributed by atoms with Crippen LogP contribution in [0.3, 0.4) is 0 Å². The molecule has 92 valence electrons. The van der Waals surface area contributed by atoms with Crippen molar-refractivity contribution in [2.75, 3.05) is 11.1 Å². The Morgan fingerprint density at radius 1 is 1.22 bits per heavy atom. The minimum absolute atomic E-state index is 0.141. The Balaban J connectivity index is 2.27. The molecule has 4 heteroatoms. The third-order valence-electron chi connectivity index (χ3n) is 2.58. The van der Waals surface area contributed by atoms with Crippen molar-refractivity contribution in [1.29, 1.82) is 0 Å². The predicted molar refractivity (Wildman–Crippen MR) is 82.7 cm³/mol. The Bertz CT molecular complexity index is 596. The summed E-state index contributed by atoms with van der Waals surface area (Å²) >= 11 is 2.14. The van der Waals surface area contributed by atoms with E-state index in [4.69, 9.17) is 5.73 Å². The lowest BCUT2D eigenvalue weighted by Crippen LogP contribution is -2.14. The van der Waals surface area contributed by atoms with Crippen LogP contribution in [0.1, 0.15) is 15.9 Å². The smallest absolute Gasteiger partial charge is 0.256 e. The van der Waals surface area contributed by atoms with Gasteiger partial charge in [0, 0.05) is 3.57 Å². The first kappa shape index (κ1) is 12.9. The Morgan fingerprint density at radius 3 is 2.67 bits per heavy atom. The van der Waals surface area contributed by atoms with Crippen LogP contribution in [-0.2, 0) is 0 Å². The van der Waals surface area contributed by atoms with E-state index in [1.54, 1.807) is 12.1 Å². The molecule has 0 heterocycles. The highest BCUT2D eigenvalue weighted by molar-refractivity contribution is 14.1. The van der Waals surface area contributed by atoms with Crippen LogP contribution in [0.25, 0.3) is 0 Å². The number of carbonyl (C=O) groups excluding carboxylic acids is 1. The van der Waals surface area contributed by atoms with Gasteiger partial charge >= 0.3 is 0 Å². The molecule has 3 nitrogen and oxygen atoms in total. The highest BCUT2D eigenvalue weighted by atomic mass is 127. The van der Waals surface area contributed by atoms with Crippen LogP contribution in [0.2, 0.25) is 0 Å². The first-order valence-corrected chi connectivity index (χ1v) is 6.58. The third kappa shape index (κ3) is 2.81. The molecule has 0 spiro atoms. The molecule has 0 aliphatic heterocycles. The van der Waals surface area contributed by atoms with Crippen molar-refractivity contribution in [3.63, 3.8) is 0 Å². The zero-order valence-electron chi connectivity index (χ0n) is 9.91.